The first-order chi connectivity index (χ1) is 13.9. The van der Waals surface area contributed by atoms with Gasteiger partial charge >= 0.3 is 170 Å². The van der Waals surface area contributed by atoms with E-state index in [0.29, 0.717) is 6.61 Å². The summed E-state index contributed by atoms with van der Waals surface area (Å²) in [6.07, 6.45) is 26.0. The number of carbonyl (C=O) groups is 1. The van der Waals surface area contributed by atoms with E-state index >= 15 is 0 Å². The van der Waals surface area contributed by atoms with Crippen LogP contribution in [0, 0.1) is 0 Å². The van der Waals surface area contributed by atoms with Crippen molar-refractivity contribution in [2.45, 2.75) is 111 Å². The summed E-state index contributed by atoms with van der Waals surface area (Å²) in [5.74, 6) is -0.282. The summed E-state index contributed by atoms with van der Waals surface area (Å²) in [6, 6.07) is 0. The third kappa shape index (κ3) is 14.9. The van der Waals surface area contributed by atoms with E-state index in [1.54, 1.807) is 0 Å². The Labute approximate surface area is 195 Å². The monoisotopic (exact) mass is 540 g/mol. The minimum Gasteiger partial charge on any atom is -0.0654 e. The van der Waals surface area contributed by atoms with Gasteiger partial charge in [0.2, 0.25) is 0 Å². The van der Waals surface area contributed by atoms with Crippen LogP contribution < -0.4 is 0 Å². The number of ether oxygens (including phenoxy) is 1. The topological polar surface area (TPSA) is 26.3 Å². The van der Waals surface area contributed by atoms with E-state index in [4.69, 9.17) is 4.74 Å². The van der Waals surface area contributed by atoms with E-state index < -0.39 is 4.25 Å². The molecule has 0 heterocycles. The zero-order valence-corrected chi connectivity index (χ0v) is 22.9. The molecule has 174 valence electrons. The summed E-state index contributed by atoms with van der Waals surface area (Å²) in [6.45, 7) is 11.0. The third-order valence-electron chi connectivity index (χ3n) is 6.71. The van der Waals surface area contributed by atoms with Crippen molar-refractivity contribution in [3.8, 4) is 0 Å². The Morgan fingerprint density at radius 1 is 0.759 bits per heavy atom. The standard InChI is InChI=1S/C25H50IO2P/c1-5-9-10-11-12-13-14-15-16-17-18-19-20-21-23-29(26,7-3,8-4)24-22-28-25(27)6-2/h6H,2,5,7-24H2,1,3-4H3. The summed E-state index contributed by atoms with van der Waals surface area (Å²) in [5.41, 5.74) is 0. The third-order valence-corrected chi connectivity index (χ3v) is 19.6. The molecule has 0 saturated heterocycles. The normalized spacial score (nSPS) is 13.0. The fourth-order valence-electron chi connectivity index (χ4n) is 4.10. The minimum atomic E-state index is -1.75. The van der Waals surface area contributed by atoms with E-state index in [9.17, 15) is 4.79 Å². The van der Waals surface area contributed by atoms with Crippen LogP contribution in [0.5, 0.6) is 0 Å². The minimum absolute atomic E-state index is 0.282. The van der Waals surface area contributed by atoms with Crippen LogP contribution in [-0.4, -0.2) is 37.2 Å². The van der Waals surface area contributed by atoms with Crippen molar-refractivity contribution in [2.75, 3.05) is 31.3 Å². The predicted octanol–water partition coefficient (Wildman–Crippen LogP) is 9.14. The van der Waals surface area contributed by atoms with Crippen LogP contribution in [0.1, 0.15) is 111 Å². The van der Waals surface area contributed by atoms with E-state index in [-0.39, 0.29) is 5.97 Å². The van der Waals surface area contributed by atoms with Crippen molar-refractivity contribution >= 4 is 32.3 Å². The van der Waals surface area contributed by atoms with Crippen molar-refractivity contribution in [2.24, 2.45) is 0 Å². The average Bonchev–Trinajstić information content (AvgIpc) is 2.74. The molecule has 29 heavy (non-hydrogen) atoms. The zero-order chi connectivity index (χ0) is 21.9. The van der Waals surface area contributed by atoms with Gasteiger partial charge in [0.05, 0.1) is 0 Å². The molecule has 4 heteroatoms. The van der Waals surface area contributed by atoms with Gasteiger partial charge in [-0.1, -0.05) is 26.2 Å². The zero-order valence-electron chi connectivity index (χ0n) is 19.9. The van der Waals surface area contributed by atoms with Gasteiger partial charge in [0.1, 0.15) is 0 Å². The maximum atomic E-state index is 11.3. The molecular weight excluding hydrogens is 490 g/mol. The summed E-state index contributed by atoms with van der Waals surface area (Å²) in [5, 5.41) is 0. The Bertz CT molecular complexity index is 421. The molecule has 0 bridgehead atoms. The Balaban J connectivity index is 3.78. The van der Waals surface area contributed by atoms with Gasteiger partial charge in [-0.3, -0.25) is 0 Å². The Kier molecular flexibility index (Phi) is 18.2. The van der Waals surface area contributed by atoms with Gasteiger partial charge in [-0.05, 0) is 0 Å². The molecule has 0 aromatic rings. The van der Waals surface area contributed by atoms with Gasteiger partial charge < -0.3 is 0 Å². The second-order valence-electron chi connectivity index (χ2n) is 8.87. The quantitative estimate of drug-likeness (QED) is 0.0477. The van der Waals surface area contributed by atoms with Crippen molar-refractivity contribution in [3.05, 3.63) is 12.7 Å². The molecule has 2 nitrogen and oxygen atoms in total. The number of hydrogen-bond donors (Lipinski definition) is 0. The van der Waals surface area contributed by atoms with Gasteiger partial charge in [-0.15, -0.1) is 0 Å². The molecule has 0 saturated carbocycles. The summed E-state index contributed by atoms with van der Waals surface area (Å²) in [7, 11) is 0. The number of rotatable bonds is 21. The van der Waals surface area contributed by atoms with Crippen LogP contribution in [0.3, 0.4) is 0 Å². The number of halogens is 1. The first-order valence-corrected chi connectivity index (χ1v) is 18.2. The molecule has 0 radical (unpaired) electrons. The Morgan fingerprint density at radius 2 is 1.17 bits per heavy atom. The van der Waals surface area contributed by atoms with Gasteiger partial charge in [0, 0.05) is 0 Å². The van der Waals surface area contributed by atoms with E-state index in [1.165, 1.54) is 114 Å². The number of hydrogen-bond acceptors (Lipinski definition) is 2. The van der Waals surface area contributed by atoms with Crippen molar-refractivity contribution in [3.63, 3.8) is 0 Å². The molecule has 0 unspecified atom stereocenters. The van der Waals surface area contributed by atoms with Crippen LogP contribution >= 0.6 is 26.3 Å². The summed E-state index contributed by atoms with van der Waals surface area (Å²) >= 11 is 2.81. The molecule has 0 aromatic heterocycles. The Morgan fingerprint density at radius 3 is 1.55 bits per heavy atom. The molecule has 0 aromatic carbocycles. The van der Waals surface area contributed by atoms with Gasteiger partial charge in [-0.25, -0.2) is 0 Å². The number of unbranched alkanes of at least 4 members (excludes halogenated alkanes) is 13. The van der Waals surface area contributed by atoms with E-state index in [2.05, 4.69) is 49.4 Å². The van der Waals surface area contributed by atoms with Crippen LogP contribution in [-0.2, 0) is 9.53 Å². The fourth-order valence-corrected chi connectivity index (χ4v) is 9.21. The molecule has 0 fully saturated rings. The molecular formula is C25H50IO2P. The van der Waals surface area contributed by atoms with Gasteiger partial charge in [0.15, 0.2) is 0 Å². The first kappa shape index (κ1) is 29.4. The maximum absolute atomic E-state index is 11.3. The van der Waals surface area contributed by atoms with E-state index in [1.807, 2.05) is 0 Å². The number of esters is 1. The molecule has 0 N–H and O–H groups in total. The van der Waals surface area contributed by atoms with E-state index in [0.717, 1.165) is 6.16 Å². The fraction of sp³-hybridized carbons (Fsp3) is 0.880. The van der Waals surface area contributed by atoms with Crippen LogP contribution in [0.15, 0.2) is 12.7 Å². The predicted molar refractivity (Wildman–Crippen MR) is 143 cm³/mol. The average molecular weight is 541 g/mol. The molecule has 0 amide bonds. The summed E-state index contributed by atoms with van der Waals surface area (Å²) < 4.78 is 3.56. The second kappa shape index (κ2) is 18.0. The SMILES string of the molecule is C=CC(=O)OCCP(I)(CC)(CC)CCCCCCCCCCCCCCCC. The molecule has 0 aliphatic rings. The number of carbonyl (C=O) groups excluding carboxylic acids is 1. The van der Waals surface area contributed by atoms with Crippen LogP contribution in [0.25, 0.3) is 0 Å². The van der Waals surface area contributed by atoms with Crippen molar-refractivity contribution < 1.29 is 9.53 Å². The van der Waals surface area contributed by atoms with Crippen molar-refractivity contribution in [1.29, 1.82) is 0 Å². The summed E-state index contributed by atoms with van der Waals surface area (Å²) in [4.78, 5) is 11.3. The molecule has 0 aliphatic carbocycles. The molecule has 0 atom stereocenters. The molecule has 0 rings (SSSR count). The van der Waals surface area contributed by atoms with Gasteiger partial charge in [0.25, 0.3) is 0 Å². The van der Waals surface area contributed by atoms with Gasteiger partial charge in [-0.2, -0.15) is 0 Å². The second-order valence-corrected chi connectivity index (χ2v) is 22.9. The van der Waals surface area contributed by atoms with Crippen LogP contribution in [0.4, 0.5) is 0 Å². The molecule has 0 spiro atoms. The Hall–Kier alpha value is 0.370. The first-order valence-electron chi connectivity index (χ1n) is 12.4. The smallest absolute Gasteiger partial charge is 0.0654 e. The molecule has 0 aliphatic heterocycles. The van der Waals surface area contributed by atoms with Crippen LogP contribution in [0.2, 0.25) is 0 Å². The van der Waals surface area contributed by atoms with Crippen molar-refractivity contribution in [1.82, 2.24) is 0 Å².